The predicted octanol–water partition coefficient (Wildman–Crippen LogP) is 0.772. The summed E-state index contributed by atoms with van der Waals surface area (Å²) in [6.45, 7) is 4.23. The molecule has 1 aliphatic rings. The van der Waals surface area contributed by atoms with E-state index in [0.717, 1.165) is 6.42 Å². The fourth-order valence-corrected chi connectivity index (χ4v) is 1.42. The first kappa shape index (κ1) is 7.03. The van der Waals surface area contributed by atoms with E-state index in [9.17, 15) is 0 Å². The van der Waals surface area contributed by atoms with Crippen LogP contribution in [0.5, 0.6) is 0 Å². The summed E-state index contributed by atoms with van der Waals surface area (Å²) < 4.78 is 5.50. The van der Waals surface area contributed by atoms with Gasteiger partial charge in [-0.3, -0.25) is 0 Å². The number of nitrogens with one attached hydrogen (secondary N) is 1. The van der Waals surface area contributed by atoms with Gasteiger partial charge in [-0.1, -0.05) is 0 Å². The van der Waals surface area contributed by atoms with Gasteiger partial charge < -0.3 is 10.1 Å². The van der Waals surface area contributed by atoms with Crippen LogP contribution < -0.4 is 5.32 Å². The lowest BCUT2D eigenvalue weighted by Gasteiger charge is -2.10. The van der Waals surface area contributed by atoms with Crippen LogP contribution in [0.4, 0.5) is 0 Å². The number of rotatable bonds is 1. The maximum absolute atomic E-state index is 5.50. The molecule has 1 rings (SSSR count). The lowest BCUT2D eigenvalue weighted by molar-refractivity contribution is 0.0613. The van der Waals surface area contributed by atoms with E-state index < -0.39 is 0 Å². The summed E-state index contributed by atoms with van der Waals surface area (Å²) in [4.78, 5) is 0. The predicted molar refractivity (Wildman–Crippen MR) is 37.5 cm³/mol. The lowest BCUT2D eigenvalue weighted by atomic mass is 10.1. The minimum absolute atomic E-state index is 0.394. The zero-order valence-corrected chi connectivity index (χ0v) is 6.35. The van der Waals surface area contributed by atoms with E-state index in [-0.39, 0.29) is 0 Å². The molecule has 2 heteroatoms. The van der Waals surface area contributed by atoms with Gasteiger partial charge in [-0.05, 0) is 27.3 Å². The van der Waals surface area contributed by atoms with Gasteiger partial charge in [-0.15, -0.1) is 0 Å². The highest BCUT2D eigenvalue weighted by Crippen LogP contribution is 2.18. The van der Waals surface area contributed by atoms with Gasteiger partial charge in [-0.25, -0.2) is 0 Å². The van der Waals surface area contributed by atoms with Crippen LogP contribution in [0.1, 0.15) is 20.3 Å². The van der Waals surface area contributed by atoms with E-state index in [1.54, 1.807) is 0 Å². The van der Waals surface area contributed by atoms with Crippen molar-refractivity contribution in [3.05, 3.63) is 0 Å². The van der Waals surface area contributed by atoms with Crippen molar-refractivity contribution in [2.45, 2.75) is 38.5 Å². The van der Waals surface area contributed by atoms with E-state index >= 15 is 0 Å². The lowest BCUT2D eigenvalue weighted by Crippen LogP contribution is -2.31. The van der Waals surface area contributed by atoms with Gasteiger partial charge in [0.2, 0.25) is 0 Å². The summed E-state index contributed by atoms with van der Waals surface area (Å²) in [6.07, 6.45) is 1.99. The Hall–Kier alpha value is -0.0800. The Kier molecular flexibility index (Phi) is 2.09. The summed E-state index contributed by atoms with van der Waals surface area (Å²) in [5.74, 6) is 0. The highest BCUT2D eigenvalue weighted by molar-refractivity contribution is 4.81. The third kappa shape index (κ3) is 1.43. The van der Waals surface area contributed by atoms with Crippen molar-refractivity contribution < 1.29 is 4.74 Å². The highest BCUT2D eigenvalue weighted by Gasteiger charge is 2.27. The van der Waals surface area contributed by atoms with Crippen LogP contribution in [-0.4, -0.2) is 25.3 Å². The van der Waals surface area contributed by atoms with Crippen molar-refractivity contribution in [2.24, 2.45) is 0 Å². The third-order valence-corrected chi connectivity index (χ3v) is 1.97. The largest absolute Gasteiger partial charge is 0.374 e. The molecule has 1 heterocycles. The SMILES string of the molecule is CNC1CC(C)OC1C. The summed E-state index contributed by atoms with van der Waals surface area (Å²) >= 11 is 0. The average molecular weight is 129 g/mol. The highest BCUT2D eigenvalue weighted by atomic mass is 16.5. The molecule has 1 N–H and O–H groups in total. The first-order chi connectivity index (χ1) is 4.24. The molecule has 1 aliphatic heterocycles. The van der Waals surface area contributed by atoms with Crippen LogP contribution in [0, 0.1) is 0 Å². The molecule has 3 unspecified atom stereocenters. The molecular weight excluding hydrogens is 114 g/mol. The minimum atomic E-state index is 0.394. The van der Waals surface area contributed by atoms with E-state index in [1.807, 2.05) is 7.05 Å². The number of hydrogen-bond acceptors (Lipinski definition) is 2. The van der Waals surface area contributed by atoms with Gasteiger partial charge in [0.05, 0.1) is 12.2 Å². The molecule has 2 nitrogen and oxygen atoms in total. The Morgan fingerprint density at radius 3 is 2.33 bits per heavy atom. The molecule has 0 aromatic rings. The summed E-state index contributed by atoms with van der Waals surface area (Å²) in [7, 11) is 1.99. The van der Waals surface area contributed by atoms with Crippen LogP contribution >= 0.6 is 0 Å². The molecule has 0 aromatic heterocycles. The molecule has 3 atom stereocenters. The fraction of sp³-hybridized carbons (Fsp3) is 1.00. The molecule has 54 valence electrons. The normalized spacial score (nSPS) is 43.7. The Balaban J connectivity index is 2.38. The summed E-state index contributed by atoms with van der Waals surface area (Å²) in [6, 6.07) is 0.569. The number of likely N-dealkylation sites (N-methyl/N-ethyl adjacent to an activating group) is 1. The van der Waals surface area contributed by atoms with Crippen LogP contribution in [0.3, 0.4) is 0 Å². The Morgan fingerprint density at radius 2 is 2.11 bits per heavy atom. The summed E-state index contributed by atoms with van der Waals surface area (Å²) in [5.41, 5.74) is 0. The molecule has 0 radical (unpaired) electrons. The van der Waals surface area contributed by atoms with Gasteiger partial charge in [0, 0.05) is 6.04 Å². The molecule has 0 saturated carbocycles. The monoisotopic (exact) mass is 129 g/mol. The second-order valence-corrected chi connectivity index (χ2v) is 2.78. The van der Waals surface area contributed by atoms with Crippen molar-refractivity contribution >= 4 is 0 Å². The molecule has 0 spiro atoms. The second kappa shape index (κ2) is 2.67. The standard InChI is InChI=1S/C7H15NO/c1-5-4-7(8-3)6(2)9-5/h5-8H,4H2,1-3H3. The molecule has 1 saturated heterocycles. The van der Waals surface area contributed by atoms with Crippen LogP contribution in [0.2, 0.25) is 0 Å². The molecule has 0 amide bonds. The van der Waals surface area contributed by atoms with Crippen LogP contribution in [0.25, 0.3) is 0 Å². The first-order valence-corrected chi connectivity index (χ1v) is 3.56. The number of ether oxygens (including phenoxy) is 1. The Bertz CT molecular complexity index is 94.9. The van der Waals surface area contributed by atoms with Crippen LogP contribution in [0.15, 0.2) is 0 Å². The van der Waals surface area contributed by atoms with Crippen molar-refractivity contribution in [1.29, 1.82) is 0 Å². The average Bonchev–Trinajstić information content (AvgIpc) is 2.10. The smallest absolute Gasteiger partial charge is 0.0704 e. The Labute approximate surface area is 56.6 Å². The quantitative estimate of drug-likeness (QED) is 0.564. The van der Waals surface area contributed by atoms with E-state index in [2.05, 4.69) is 19.2 Å². The number of hydrogen-bond donors (Lipinski definition) is 1. The second-order valence-electron chi connectivity index (χ2n) is 2.78. The van der Waals surface area contributed by atoms with Gasteiger partial charge in [0.25, 0.3) is 0 Å². The van der Waals surface area contributed by atoms with Crippen LogP contribution in [-0.2, 0) is 4.74 Å². The molecule has 0 bridgehead atoms. The maximum Gasteiger partial charge on any atom is 0.0704 e. The summed E-state index contributed by atoms with van der Waals surface area (Å²) in [5, 5.41) is 3.22. The van der Waals surface area contributed by atoms with Crippen molar-refractivity contribution in [2.75, 3.05) is 7.05 Å². The molecule has 0 aliphatic carbocycles. The van der Waals surface area contributed by atoms with Gasteiger partial charge in [-0.2, -0.15) is 0 Å². The molecule has 1 fully saturated rings. The Morgan fingerprint density at radius 1 is 1.44 bits per heavy atom. The zero-order valence-electron chi connectivity index (χ0n) is 6.35. The molecular formula is C7H15NO. The van der Waals surface area contributed by atoms with E-state index in [0.29, 0.717) is 18.2 Å². The van der Waals surface area contributed by atoms with Crippen molar-refractivity contribution in [3.63, 3.8) is 0 Å². The van der Waals surface area contributed by atoms with Gasteiger partial charge in [0.15, 0.2) is 0 Å². The molecule has 0 aromatic carbocycles. The van der Waals surface area contributed by atoms with E-state index in [1.165, 1.54) is 0 Å². The van der Waals surface area contributed by atoms with Gasteiger partial charge in [0.1, 0.15) is 0 Å². The van der Waals surface area contributed by atoms with Crippen molar-refractivity contribution in [3.8, 4) is 0 Å². The van der Waals surface area contributed by atoms with Crippen molar-refractivity contribution in [1.82, 2.24) is 5.32 Å². The topological polar surface area (TPSA) is 21.3 Å². The fourth-order valence-electron chi connectivity index (χ4n) is 1.42. The maximum atomic E-state index is 5.50. The minimum Gasteiger partial charge on any atom is -0.374 e. The molecule has 9 heavy (non-hydrogen) atoms. The van der Waals surface area contributed by atoms with E-state index in [4.69, 9.17) is 4.74 Å². The zero-order chi connectivity index (χ0) is 6.85. The first-order valence-electron chi connectivity index (χ1n) is 3.56. The third-order valence-electron chi connectivity index (χ3n) is 1.97. The van der Waals surface area contributed by atoms with Gasteiger partial charge >= 0.3 is 0 Å².